The lowest BCUT2D eigenvalue weighted by Gasteiger charge is -2.38. The minimum atomic E-state index is -2.91. The van der Waals surface area contributed by atoms with Gasteiger partial charge >= 0.3 is 5.97 Å². The number of ether oxygens (including phenoxy) is 1. The van der Waals surface area contributed by atoms with Crippen molar-refractivity contribution in [3.63, 3.8) is 0 Å². The van der Waals surface area contributed by atoms with Gasteiger partial charge in [0.2, 0.25) is 0 Å². The van der Waals surface area contributed by atoms with E-state index in [4.69, 9.17) is 4.52 Å². The van der Waals surface area contributed by atoms with Crippen LogP contribution in [0.2, 0.25) is 0 Å². The van der Waals surface area contributed by atoms with Gasteiger partial charge in [0.1, 0.15) is 0 Å². The minimum Gasteiger partial charge on any atom is -0.469 e. The van der Waals surface area contributed by atoms with Crippen molar-refractivity contribution in [3.8, 4) is 10.6 Å². The Morgan fingerprint density at radius 3 is 2.89 bits per heavy atom. The molecule has 0 aromatic carbocycles. The van der Waals surface area contributed by atoms with Crippen molar-refractivity contribution in [1.29, 1.82) is 0 Å². The van der Waals surface area contributed by atoms with E-state index in [1.807, 2.05) is 17.5 Å². The predicted molar refractivity (Wildman–Crippen MR) is 98.3 cm³/mol. The smallest absolute Gasteiger partial charge is 0.311 e. The average Bonchev–Trinajstić information content (AvgIpc) is 3.30. The number of halogens is 2. The molecular weight excluding hydrogens is 392 g/mol. The number of nitrogens with zero attached hydrogens (tertiary/aromatic N) is 2. The van der Waals surface area contributed by atoms with E-state index < -0.39 is 18.3 Å². The molecule has 1 fully saturated rings. The Morgan fingerprint density at radius 1 is 1.43 bits per heavy atom. The summed E-state index contributed by atoms with van der Waals surface area (Å²) >= 11 is 1.45. The van der Waals surface area contributed by atoms with Gasteiger partial charge in [-0.2, -0.15) is 0 Å². The van der Waals surface area contributed by atoms with Crippen LogP contribution in [0.15, 0.2) is 28.1 Å². The van der Waals surface area contributed by atoms with Gasteiger partial charge in [-0.25, -0.2) is 8.78 Å². The number of aromatic nitrogens is 1. The van der Waals surface area contributed by atoms with Gasteiger partial charge < -0.3 is 19.5 Å². The summed E-state index contributed by atoms with van der Waals surface area (Å²) in [4.78, 5) is 25.9. The first kappa shape index (κ1) is 20.4. The first-order valence-electron chi connectivity index (χ1n) is 8.85. The first-order chi connectivity index (χ1) is 13.4. The van der Waals surface area contributed by atoms with Crippen LogP contribution >= 0.6 is 11.3 Å². The molecule has 1 aliphatic heterocycles. The zero-order valence-corrected chi connectivity index (χ0v) is 16.1. The Labute approximate surface area is 164 Å². The Morgan fingerprint density at radius 2 is 2.21 bits per heavy atom. The Bertz CT molecular complexity index is 804. The molecule has 2 aromatic heterocycles. The van der Waals surface area contributed by atoms with Crippen molar-refractivity contribution in [2.24, 2.45) is 5.92 Å². The highest BCUT2D eigenvalue weighted by atomic mass is 32.1. The molecule has 0 aliphatic carbocycles. The molecule has 2 aromatic rings. The lowest BCUT2D eigenvalue weighted by molar-refractivity contribution is -0.151. The minimum absolute atomic E-state index is 0.0566. The molecule has 0 bridgehead atoms. The Hall–Kier alpha value is -2.33. The highest BCUT2D eigenvalue weighted by molar-refractivity contribution is 7.13. The fraction of sp³-hybridized carbons (Fsp3) is 0.500. The summed E-state index contributed by atoms with van der Waals surface area (Å²) in [6, 6.07) is 5.17. The first-order valence-corrected chi connectivity index (χ1v) is 9.73. The number of carbonyl (C=O) groups excluding carboxylic acids is 2. The number of carbonyl (C=O) groups is 2. The molecule has 0 spiro atoms. The average molecular weight is 413 g/mol. The van der Waals surface area contributed by atoms with Crippen LogP contribution in [-0.2, 0) is 9.53 Å². The second-order valence-electron chi connectivity index (χ2n) is 6.65. The number of likely N-dealkylation sites (tertiary alicyclic amines) is 1. The molecule has 1 N–H and O–H groups in total. The number of thiophene rings is 1. The number of hydrogen-bond acceptors (Lipinski definition) is 7. The van der Waals surface area contributed by atoms with Gasteiger partial charge in [-0.3, -0.25) is 9.59 Å². The molecule has 10 heteroatoms. The normalized spacial score (nSPS) is 15.2. The van der Waals surface area contributed by atoms with Gasteiger partial charge in [-0.15, -0.1) is 11.3 Å². The van der Waals surface area contributed by atoms with E-state index in [0.717, 1.165) is 4.88 Å². The van der Waals surface area contributed by atoms with Crippen molar-refractivity contribution < 1.29 is 27.6 Å². The summed E-state index contributed by atoms with van der Waals surface area (Å²) < 4.78 is 37.7. The molecule has 0 unspecified atom stereocenters. The molecular formula is C18H21F2N3O4S. The van der Waals surface area contributed by atoms with Gasteiger partial charge in [0, 0.05) is 45.1 Å². The molecule has 1 saturated heterocycles. The highest BCUT2D eigenvalue weighted by Gasteiger charge is 2.36. The molecule has 3 heterocycles. The van der Waals surface area contributed by atoms with Crippen LogP contribution in [0.5, 0.6) is 0 Å². The number of rotatable bonds is 9. The van der Waals surface area contributed by atoms with Crippen molar-refractivity contribution in [2.45, 2.75) is 18.8 Å². The highest BCUT2D eigenvalue weighted by Crippen LogP contribution is 2.26. The molecule has 0 atom stereocenters. The third kappa shape index (κ3) is 5.14. The molecule has 3 rings (SSSR count). The monoisotopic (exact) mass is 413 g/mol. The fourth-order valence-electron chi connectivity index (χ4n) is 2.88. The van der Waals surface area contributed by atoms with E-state index in [9.17, 15) is 18.4 Å². The van der Waals surface area contributed by atoms with Crippen LogP contribution in [0.4, 0.5) is 8.78 Å². The van der Waals surface area contributed by atoms with E-state index in [1.54, 1.807) is 4.90 Å². The largest absolute Gasteiger partial charge is 0.469 e. The van der Waals surface area contributed by atoms with E-state index in [2.05, 4.69) is 15.2 Å². The quantitative estimate of drug-likeness (QED) is 0.637. The number of esters is 1. The van der Waals surface area contributed by atoms with Crippen LogP contribution in [0.3, 0.4) is 0 Å². The standard InChI is InChI=1S/C18H21F2N3O4S/c1-26-17(25)12-10-23(11-12)7-5-18(19,20)4-6-21-16(24)13-9-14(27-22-13)15-3-2-8-28-15/h2-3,8-9,12H,4-7,10-11H2,1H3,(H,21,24). The third-order valence-corrected chi connectivity index (χ3v) is 5.45. The SMILES string of the molecule is COC(=O)C1CN(CCC(F)(F)CCNC(=O)c2cc(-c3cccs3)on2)C1. The zero-order valence-electron chi connectivity index (χ0n) is 15.3. The van der Waals surface area contributed by atoms with Crippen LogP contribution in [0.1, 0.15) is 23.3 Å². The maximum absolute atomic E-state index is 14.0. The van der Waals surface area contributed by atoms with E-state index in [1.165, 1.54) is 24.5 Å². The second-order valence-corrected chi connectivity index (χ2v) is 7.59. The maximum Gasteiger partial charge on any atom is 0.311 e. The summed E-state index contributed by atoms with van der Waals surface area (Å²) in [6.07, 6.45) is -0.800. The summed E-state index contributed by atoms with van der Waals surface area (Å²) in [5.41, 5.74) is 0.0566. The van der Waals surface area contributed by atoms with Crippen LogP contribution in [0.25, 0.3) is 10.6 Å². The Balaban J connectivity index is 1.37. The molecule has 0 radical (unpaired) electrons. The number of alkyl halides is 2. The van der Waals surface area contributed by atoms with Crippen molar-refractivity contribution in [3.05, 3.63) is 29.3 Å². The number of nitrogens with one attached hydrogen (secondary N) is 1. The summed E-state index contributed by atoms with van der Waals surface area (Å²) in [5.74, 6) is -3.52. The molecule has 28 heavy (non-hydrogen) atoms. The molecule has 0 saturated carbocycles. The van der Waals surface area contributed by atoms with Gasteiger partial charge in [0.15, 0.2) is 11.5 Å². The fourth-order valence-corrected chi connectivity index (χ4v) is 3.55. The third-order valence-electron chi connectivity index (χ3n) is 4.57. The second kappa shape index (κ2) is 8.78. The van der Waals surface area contributed by atoms with E-state index in [0.29, 0.717) is 18.8 Å². The topological polar surface area (TPSA) is 84.7 Å². The molecule has 1 amide bonds. The number of methoxy groups -OCH3 is 1. The number of hydrogen-bond donors (Lipinski definition) is 1. The lowest BCUT2D eigenvalue weighted by Crippen LogP contribution is -2.51. The lowest BCUT2D eigenvalue weighted by atomic mass is 9.99. The van der Waals surface area contributed by atoms with Crippen molar-refractivity contribution in [1.82, 2.24) is 15.4 Å². The molecule has 152 valence electrons. The number of amides is 1. The molecule has 7 nitrogen and oxygen atoms in total. The van der Waals surface area contributed by atoms with Gasteiger partial charge in [-0.05, 0) is 11.4 Å². The van der Waals surface area contributed by atoms with Crippen molar-refractivity contribution in [2.75, 3.05) is 33.3 Å². The van der Waals surface area contributed by atoms with Crippen LogP contribution in [-0.4, -0.2) is 61.1 Å². The van der Waals surface area contributed by atoms with Gasteiger partial charge in [-0.1, -0.05) is 11.2 Å². The molecule has 1 aliphatic rings. The van der Waals surface area contributed by atoms with Crippen molar-refractivity contribution >= 4 is 23.2 Å². The van der Waals surface area contributed by atoms with E-state index >= 15 is 0 Å². The Kier molecular flexibility index (Phi) is 6.40. The van der Waals surface area contributed by atoms with E-state index in [-0.39, 0.29) is 37.1 Å². The van der Waals surface area contributed by atoms with Crippen LogP contribution in [0, 0.1) is 5.92 Å². The predicted octanol–water partition coefficient (Wildman–Crippen LogP) is 2.65. The summed E-state index contributed by atoms with van der Waals surface area (Å²) in [6.45, 7) is 0.913. The van der Waals surface area contributed by atoms with Gasteiger partial charge in [0.25, 0.3) is 11.8 Å². The van der Waals surface area contributed by atoms with Gasteiger partial charge in [0.05, 0.1) is 17.9 Å². The van der Waals surface area contributed by atoms with Crippen LogP contribution < -0.4 is 5.32 Å². The maximum atomic E-state index is 14.0. The summed E-state index contributed by atoms with van der Waals surface area (Å²) in [7, 11) is 1.31. The summed E-state index contributed by atoms with van der Waals surface area (Å²) in [5, 5.41) is 8.00. The zero-order chi connectivity index (χ0) is 20.1.